The number of benzene rings is 2. The van der Waals surface area contributed by atoms with Gasteiger partial charge in [-0.25, -0.2) is 0 Å². The maximum Gasteiger partial charge on any atom is 0.262 e. The molecular formula is C16H16N2O2. The number of aromatic hydroxyl groups is 1. The summed E-state index contributed by atoms with van der Waals surface area (Å²) < 4.78 is 0. The van der Waals surface area contributed by atoms with Gasteiger partial charge in [-0.05, 0) is 48.7 Å². The first-order chi connectivity index (χ1) is 9.56. The first-order valence-corrected chi connectivity index (χ1v) is 6.56. The predicted octanol–water partition coefficient (Wildman–Crippen LogP) is 2.49. The Morgan fingerprint density at radius 3 is 2.80 bits per heavy atom. The van der Waals surface area contributed by atoms with E-state index < -0.39 is 0 Å². The van der Waals surface area contributed by atoms with Crippen LogP contribution in [0, 0.1) is 6.92 Å². The molecule has 2 aromatic carbocycles. The highest BCUT2D eigenvalue weighted by Gasteiger charge is 2.27. The van der Waals surface area contributed by atoms with E-state index in [-0.39, 0.29) is 11.7 Å². The van der Waals surface area contributed by atoms with E-state index in [4.69, 9.17) is 5.73 Å². The van der Waals surface area contributed by atoms with Gasteiger partial charge in [-0.3, -0.25) is 4.79 Å². The lowest BCUT2D eigenvalue weighted by atomic mass is 10.1. The van der Waals surface area contributed by atoms with Gasteiger partial charge >= 0.3 is 0 Å². The number of hydrogen-bond donors (Lipinski definition) is 2. The summed E-state index contributed by atoms with van der Waals surface area (Å²) >= 11 is 0. The number of carbonyl (C=O) groups is 1. The molecule has 0 saturated heterocycles. The van der Waals surface area contributed by atoms with Crippen LogP contribution in [0.25, 0.3) is 0 Å². The Kier molecular flexibility index (Phi) is 2.86. The standard InChI is InChI=1S/C16H16N2O2/c1-10-2-5-13(15(19)8-10)16(20)18-7-6-11-3-4-12(17)9-14(11)18/h2-5,8-9,19H,6-7,17H2,1H3. The van der Waals surface area contributed by atoms with Crippen LogP contribution in [0.2, 0.25) is 0 Å². The van der Waals surface area contributed by atoms with E-state index in [1.807, 2.05) is 31.2 Å². The molecular weight excluding hydrogens is 252 g/mol. The van der Waals surface area contributed by atoms with Crippen molar-refractivity contribution in [3.8, 4) is 5.75 Å². The third kappa shape index (κ3) is 1.99. The highest BCUT2D eigenvalue weighted by atomic mass is 16.3. The van der Waals surface area contributed by atoms with E-state index in [0.29, 0.717) is 17.8 Å². The zero-order valence-corrected chi connectivity index (χ0v) is 11.3. The number of nitrogen functional groups attached to an aromatic ring is 1. The Hall–Kier alpha value is -2.49. The molecule has 3 N–H and O–H groups in total. The average Bonchev–Trinajstić information content (AvgIpc) is 2.81. The smallest absolute Gasteiger partial charge is 0.262 e. The minimum absolute atomic E-state index is 0.0207. The van der Waals surface area contributed by atoms with Crippen LogP contribution in [0.4, 0.5) is 11.4 Å². The molecule has 3 rings (SSSR count). The number of phenolic OH excluding ortho intramolecular Hbond substituents is 1. The largest absolute Gasteiger partial charge is 0.507 e. The fourth-order valence-electron chi connectivity index (χ4n) is 2.58. The second-order valence-corrected chi connectivity index (χ2v) is 5.12. The normalized spacial score (nSPS) is 13.3. The second kappa shape index (κ2) is 4.56. The molecule has 1 aliphatic heterocycles. The van der Waals surface area contributed by atoms with Gasteiger partial charge in [0.15, 0.2) is 0 Å². The Labute approximate surface area is 117 Å². The Morgan fingerprint density at radius 2 is 2.05 bits per heavy atom. The van der Waals surface area contributed by atoms with Crippen molar-refractivity contribution >= 4 is 17.3 Å². The predicted molar refractivity (Wildman–Crippen MR) is 79.1 cm³/mol. The van der Waals surface area contributed by atoms with Gasteiger partial charge in [0.1, 0.15) is 5.75 Å². The fourth-order valence-corrected chi connectivity index (χ4v) is 2.58. The molecule has 0 bridgehead atoms. The van der Waals surface area contributed by atoms with Crippen LogP contribution in [0.15, 0.2) is 36.4 Å². The summed E-state index contributed by atoms with van der Waals surface area (Å²) in [5.74, 6) is -0.167. The number of carbonyl (C=O) groups excluding carboxylic acids is 1. The maximum absolute atomic E-state index is 12.6. The lowest BCUT2D eigenvalue weighted by molar-refractivity contribution is 0.0987. The number of aryl methyl sites for hydroxylation is 1. The number of nitrogens with zero attached hydrogens (tertiary/aromatic N) is 1. The van der Waals surface area contributed by atoms with E-state index >= 15 is 0 Å². The van der Waals surface area contributed by atoms with Gasteiger partial charge in [0, 0.05) is 17.9 Å². The lowest BCUT2D eigenvalue weighted by Crippen LogP contribution is -2.29. The second-order valence-electron chi connectivity index (χ2n) is 5.12. The topological polar surface area (TPSA) is 66.6 Å². The number of anilines is 2. The van der Waals surface area contributed by atoms with E-state index in [9.17, 15) is 9.90 Å². The number of rotatable bonds is 1. The van der Waals surface area contributed by atoms with E-state index in [2.05, 4.69) is 0 Å². The summed E-state index contributed by atoms with van der Waals surface area (Å²) in [5.41, 5.74) is 9.63. The Bertz CT molecular complexity index is 695. The van der Waals surface area contributed by atoms with Gasteiger partial charge in [0.05, 0.1) is 5.56 Å². The van der Waals surface area contributed by atoms with Crippen LogP contribution in [0.3, 0.4) is 0 Å². The van der Waals surface area contributed by atoms with Crippen LogP contribution in [-0.2, 0) is 6.42 Å². The molecule has 20 heavy (non-hydrogen) atoms. The summed E-state index contributed by atoms with van der Waals surface area (Å²) in [7, 11) is 0. The third-order valence-corrected chi connectivity index (χ3v) is 3.63. The van der Waals surface area contributed by atoms with Crippen LogP contribution in [0.5, 0.6) is 5.75 Å². The van der Waals surface area contributed by atoms with Crippen LogP contribution < -0.4 is 10.6 Å². The molecule has 102 valence electrons. The van der Waals surface area contributed by atoms with Crippen molar-refractivity contribution in [2.24, 2.45) is 0 Å². The van der Waals surface area contributed by atoms with Crippen LogP contribution in [-0.4, -0.2) is 17.6 Å². The summed E-state index contributed by atoms with van der Waals surface area (Å²) in [6.45, 7) is 2.49. The van der Waals surface area contributed by atoms with Gasteiger partial charge in [-0.1, -0.05) is 12.1 Å². The molecule has 0 radical (unpaired) electrons. The first kappa shape index (κ1) is 12.5. The molecule has 0 fully saturated rings. The first-order valence-electron chi connectivity index (χ1n) is 6.56. The molecule has 0 unspecified atom stereocenters. The van der Waals surface area contributed by atoms with Crippen molar-refractivity contribution in [2.75, 3.05) is 17.2 Å². The zero-order chi connectivity index (χ0) is 14.3. The lowest BCUT2D eigenvalue weighted by Gasteiger charge is -2.18. The number of amides is 1. The van der Waals surface area contributed by atoms with E-state index in [1.54, 1.807) is 17.0 Å². The fraction of sp³-hybridized carbons (Fsp3) is 0.188. The molecule has 0 atom stereocenters. The van der Waals surface area contributed by atoms with Crippen molar-refractivity contribution in [3.63, 3.8) is 0 Å². The van der Waals surface area contributed by atoms with Gasteiger partial charge in [-0.15, -0.1) is 0 Å². The van der Waals surface area contributed by atoms with Crippen molar-refractivity contribution in [2.45, 2.75) is 13.3 Å². The highest BCUT2D eigenvalue weighted by Crippen LogP contribution is 2.32. The van der Waals surface area contributed by atoms with E-state index in [1.165, 1.54) is 0 Å². The Morgan fingerprint density at radius 1 is 1.25 bits per heavy atom. The monoisotopic (exact) mass is 268 g/mol. The summed E-state index contributed by atoms with van der Waals surface area (Å²) in [5, 5.41) is 9.95. The molecule has 1 heterocycles. The quantitative estimate of drug-likeness (QED) is 0.781. The maximum atomic E-state index is 12.6. The molecule has 0 aromatic heterocycles. The molecule has 0 spiro atoms. The SMILES string of the molecule is Cc1ccc(C(=O)N2CCc3ccc(N)cc32)c(O)c1. The van der Waals surface area contributed by atoms with Crippen molar-refractivity contribution in [3.05, 3.63) is 53.1 Å². The van der Waals surface area contributed by atoms with Gasteiger partial charge < -0.3 is 15.7 Å². The van der Waals surface area contributed by atoms with Crippen LogP contribution >= 0.6 is 0 Å². The van der Waals surface area contributed by atoms with Crippen molar-refractivity contribution in [1.82, 2.24) is 0 Å². The summed E-state index contributed by atoms with van der Waals surface area (Å²) in [6.07, 6.45) is 0.813. The number of fused-ring (bicyclic) bond motifs is 1. The third-order valence-electron chi connectivity index (χ3n) is 3.63. The molecule has 0 saturated carbocycles. The zero-order valence-electron chi connectivity index (χ0n) is 11.3. The molecule has 0 aliphatic carbocycles. The average molecular weight is 268 g/mol. The minimum Gasteiger partial charge on any atom is -0.507 e. The minimum atomic E-state index is -0.188. The Balaban J connectivity index is 1.99. The van der Waals surface area contributed by atoms with E-state index in [0.717, 1.165) is 23.2 Å². The summed E-state index contributed by atoms with van der Waals surface area (Å²) in [4.78, 5) is 14.3. The highest BCUT2D eigenvalue weighted by molar-refractivity contribution is 6.09. The van der Waals surface area contributed by atoms with Crippen LogP contribution in [0.1, 0.15) is 21.5 Å². The van der Waals surface area contributed by atoms with Crippen molar-refractivity contribution < 1.29 is 9.90 Å². The van der Waals surface area contributed by atoms with Gasteiger partial charge in [-0.2, -0.15) is 0 Å². The molecule has 4 nitrogen and oxygen atoms in total. The molecule has 4 heteroatoms. The summed E-state index contributed by atoms with van der Waals surface area (Å²) in [6, 6.07) is 10.7. The number of nitrogens with two attached hydrogens (primary N) is 1. The van der Waals surface area contributed by atoms with Crippen molar-refractivity contribution in [1.29, 1.82) is 0 Å². The molecule has 1 aliphatic rings. The van der Waals surface area contributed by atoms with Gasteiger partial charge in [0.2, 0.25) is 0 Å². The number of phenols is 1. The van der Waals surface area contributed by atoms with Gasteiger partial charge in [0.25, 0.3) is 5.91 Å². The molecule has 1 amide bonds. The molecule has 2 aromatic rings. The number of hydrogen-bond acceptors (Lipinski definition) is 3.